The fraction of sp³-hybridized carbons (Fsp3) is 0.800. The Kier molecular flexibility index (Phi) is 6.01. The Balaban J connectivity index is 1.85. The second-order valence-electron chi connectivity index (χ2n) is 5.61. The van der Waals surface area contributed by atoms with Gasteiger partial charge in [0.25, 0.3) is 0 Å². The summed E-state index contributed by atoms with van der Waals surface area (Å²) in [5.74, 6) is 0.210. The Labute approximate surface area is 121 Å². The van der Waals surface area contributed by atoms with Crippen molar-refractivity contribution in [2.75, 3.05) is 39.4 Å². The highest BCUT2D eigenvalue weighted by atomic mass is 16.5. The molecule has 1 N–H and O–H groups in total. The molecule has 2 aliphatic heterocycles. The average Bonchev–Trinajstić information content (AvgIpc) is 2.93. The van der Waals surface area contributed by atoms with Crippen molar-refractivity contribution in [3.8, 4) is 0 Å². The van der Waals surface area contributed by atoms with Crippen LogP contribution in [-0.4, -0.2) is 72.4 Å². The van der Waals surface area contributed by atoms with E-state index >= 15 is 0 Å². The molecule has 2 atom stereocenters. The Morgan fingerprint density at radius 3 is 2.85 bits per heavy atom. The molecule has 0 aromatic carbocycles. The van der Waals surface area contributed by atoms with Gasteiger partial charge in [-0.1, -0.05) is 6.08 Å². The number of morpholine rings is 1. The van der Waals surface area contributed by atoms with Crippen molar-refractivity contribution in [1.82, 2.24) is 9.80 Å². The topological polar surface area (TPSA) is 53.0 Å². The van der Waals surface area contributed by atoms with Gasteiger partial charge in [0, 0.05) is 19.6 Å². The van der Waals surface area contributed by atoms with Gasteiger partial charge in [-0.05, 0) is 32.2 Å². The summed E-state index contributed by atoms with van der Waals surface area (Å²) in [5, 5.41) is 10.0. The zero-order chi connectivity index (χ0) is 14.4. The number of amides is 1. The zero-order valence-corrected chi connectivity index (χ0v) is 12.2. The molecule has 5 nitrogen and oxygen atoms in total. The van der Waals surface area contributed by atoms with Gasteiger partial charge in [0.05, 0.1) is 25.4 Å². The highest BCUT2D eigenvalue weighted by Crippen LogP contribution is 2.20. The van der Waals surface area contributed by atoms with Crippen LogP contribution >= 0.6 is 0 Å². The Hall–Kier alpha value is -0.910. The standard InChI is InChI=1S/C15H26N2O3/c1-2-3-5-13(18)12-17-7-4-6-14(17)15(19)16-8-10-20-11-9-16/h2,13-14,18H,1,3-12H2/t13-,14+/m1/s1. The predicted molar refractivity (Wildman–Crippen MR) is 77.4 cm³/mol. The highest BCUT2D eigenvalue weighted by molar-refractivity contribution is 5.82. The molecule has 0 aromatic rings. The molecule has 2 fully saturated rings. The summed E-state index contributed by atoms with van der Waals surface area (Å²) in [6, 6.07) is -0.0496. The number of carbonyl (C=O) groups is 1. The van der Waals surface area contributed by atoms with Crippen LogP contribution in [0.2, 0.25) is 0 Å². The normalized spacial score (nSPS) is 25.6. The fourth-order valence-electron chi connectivity index (χ4n) is 2.99. The summed E-state index contributed by atoms with van der Waals surface area (Å²) in [5.41, 5.74) is 0. The van der Waals surface area contributed by atoms with Crippen molar-refractivity contribution < 1.29 is 14.6 Å². The van der Waals surface area contributed by atoms with Crippen LogP contribution in [-0.2, 0) is 9.53 Å². The van der Waals surface area contributed by atoms with Crippen molar-refractivity contribution in [2.45, 2.75) is 37.8 Å². The minimum atomic E-state index is -0.369. The number of allylic oxidation sites excluding steroid dienone is 1. The molecule has 0 spiro atoms. The third kappa shape index (κ3) is 4.04. The van der Waals surface area contributed by atoms with E-state index in [4.69, 9.17) is 4.74 Å². The van der Waals surface area contributed by atoms with Gasteiger partial charge >= 0.3 is 0 Å². The van der Waals surface area contributed by atoms with Crippen LogP contribution in [0.4, 0.5) is 0 Å². The fourth-order valence-corrected chi connectivity index (χ4v) is 2.99. The molecule has 0 aliphatic carbocycles. The maximum absolute atomic E-state index is 12.5. The molecule has 0 saturated carbocycles. The minimum Gasteiger partial charge on any atom is -0.392 e. The van der Waals surface area contributed by atoms with Crippen molar-refractivity contribution in [1.29, 1.82) is 0 Å². The number of β-amino-alcohol motifs (C(OH)–C–C–N with tert-alkyl or cyclic N) is 1. The van der Waals surface area contributed by atoms with Crippen molar-refractivity contribution >= 4 is 5.91 Å². The first kappa shape index (κ1) is 15.5. The number of hydrogen-bond donors (Lipinski definition) is 1. The molecule has 0 aromatic heterocycles. The van der Waals surface area contributed by atoms with E-state index in [2.05, 4.69) is 11.5 Å². The summed E-state index contributed by atoms with van der Waals surface area (Å²) in [6.45, 7) is 7.84. The lowest BCUT2D eigenvalue weighted by Crippen LogP contribution is -2.50. The SMILES string of the molecule is C=CCC[C@@H](O)CN1CCC[C@H]1C(=O)N1CCOCC1. The maximum atomic E-state index is 12.5. The molecule has 0 bridgehead atoms. The van der Waals surface area contributed by atoms with E-state index in [-0.39, 0.29) is 18.1 Å². The van der Waals surface area contributed by atoms with E-state index < -0.39 is 0 Å². The molecular formula is C15H26N2O3. The maximum Gasteiger partial charge on any atom is 0.240 e. The molecule has 2 heterocycles. The summed E-state index contributed by atoms with van der Waals surface area (Å²) in [7, 11) is 0. The van der Waals surface area contributed by atoms with E-state index in [1.54, 1.807) is 0 Å². The zero-order valence-electron chi connectivity index (χ0n) is 12.2. The van der Waals surface area contributed by atoms with Crippen molar-refractivity contribution in [3.05, 3.63) is 12.7 Å². The molecule has 20 heavy (non-hydrogen) atoms. The second kappa shape index (κ2) is 7.76. The average molecular weight is 282 g/mol. The van der Waals surface area contributed by atoms with Gasteiger partial charge in [0.1, 0.15) is 0 Å². The molecule has 2 aliphatic rings. The van der Waals surface area contributed by atoms with Crippen LogP contribution in [0.1, 0.15) is 25.7 Å². The van der Waals surface area contributed by atoms with E-state index in [0.717, 1.165) is 32.2 Å². The van der Waals surface area contributed by atoms with Crippen molar-refractivity contribution in [2.24, 2.45) is 0 Å². The van der Waals surface area contributed by atoms with Crippen LogP contribution in [0, 0.1) is 0 Å². The van der Waals surface area contributed by atoms with Gasteiger partial charge < -0.3 is 14.7 Å². The number of likely N-dealkylation sites (tertiary alicyclic amines) is 1. The van der Waals surface area contributed by atoms with Gasteiger partial charge in [-0.25, -0.2) is 0 Å². The molecule has 0 unspecified atom stereocenters. The Morgan fingerprint density at radius 1 is 1.40 bits per heavy atom. The highest BCUT2D eigenvalue weighted by Gasteiger charge is 2.34. The van der Waals surface area contributed by atoms with Gasteiger partial charge in [0.2, 0.25) is 5.91 Å². The lowest BCUT2D eigenvalue weighted by Gasteiger charge is -2.33. The summed E-state index contributed by atoms with van der Waals surface area (Å²) in [4.78, 5) is 16.6. The van der Waals surface area contributed by atoms with Crippen LogP contribution in [0.25, 0.3) is 0 Å². The van der Waals surface area contributed by atoms with Crippen LogP contribution in [0.5, 0.6) is 0 Å². The number of hydrogen-bond acceptors (Lipinski definition) is 4. The van der Waals surface area contributed by atoms with E-state index in [0.29, 0.717) is 32.8 Å². The Morgan fingerprint density at radius 2 is 2.15 bits per heavy atom. The molecule has 2 saturated heterocycles. The smallest absolute Gasteiger partial charge is 0.240 e. The summed E-state index contributed by atoms with van der Waals surface area (Å²) < 4.78 is 5.29. The van der Waals surface area contributed by atoms with Crippen LogP contribution in [0.3, 0.4) is 0 Å². The van der Waals surface area contributed by atoms with Crippen LogP contribution < -0.4 is 0 Å². The van der Waals surface area contributed by atoms with Crippen LogP contribution in [0.15, 0.2) is 12.7 Å². The second-order valence-corrected chi connectivity index (χ2v) is 5.61. The molecule has 0 radical (unpaired) electrons. The van der Waals surface area contributed by atoms with Gasteiger partial charge in [-0.3, -0.25) is 9.69 Å². The molecule has 2 rings (SSSR count). The molecule has 5 heteroatoms. The number of ether oxygens (including phenoxy) is 1. The van der Waals surface area contributed by atoms with Crippen molar-refractivity contribution in [3.63, 3.8) is 0 Å². The largest absolute Gasteiger partial charge is 0.392 e. The third-order valence-electron chi connectivity index (χ3n) is 4.12. The lowest BCUT2D eigenvalue weighted by atomic mass is 10.1. The molecule has 114 valence electrons. The number of aliphatic hydroxyl groups excluding tert-OH is 1. The summed E-state index contributed by atoms with van der Waals surface area (Å²) >= 11 is 0. The first-order valence-electron chi connectivity index (χ1n) is 7.62. The molecule has 1 amide bonds. The first-order chi connectivity index (χ1) is 9.72. The quantitative estimate of drug-likeness (QED) is 0.726. The van der Waals surface area contributed by atoms with Gasteiger partial charge in [-0.15, -0.1) is 6.58 Å². The van der Waals surface area contributed by atoms with E-state index in [1.807, 2.05) is 11.0 Å². The van der Waals surface area contributed by atoms with Gasteiger partial charge in [0.15, 0.2) is 0 Å². The minimum absolute atomic E-state index is 0.0496. The monoisotopic (exact) mass is 282 g/mol. The van der Waals surface area contributed by atoms with E-state index in [9.17, 15) is 9.90 Å². The lowest BCUT2D eigenvalue weighted by molar-refractivity contribution is -0.140. The predicted octanol–water partition coefficient (Wildman–Crippen LogP) is 0.637. The number of nitrogens with zero attached hydrogens (tertiary/aromatic N) is 2. The number of rotatable bonds is 6. The number of aliphatic hydroxyl groups is 1. The Bertz CT molecular complexity index is 329. The number of carbonyl (C=O) groups excluding carboxylic acids is 1. The molecular weight excluding hydrogens is 256 g/mol. The van der Waals surface area contributed by atoms with E-state index in [1.165, 1.54) is 0 Å². The summed E-state index contributed by atoms with van der Waals surface area (Å²) in [6.07, 6.45) is 4.93. The third-order valence-corrected chi connectivity index (χ3v) is 4.12. The first-order valence-corrected chi connectivity index (χ1v) is 7.62. The van der Waals surface area contributed by atoms with Gasteiger partial charge in [-0.2, -0.15) is 0 Å².